The van der Waals surface area contributed by atoms with Crippen molar-refractivity contribution in [3.8, 4) is 11.5 Å². The highest BCUT2D eigenvalue weighted by atomic mass is 32.2. The van der Waals surface area contributed by atoms with Crippen LogP contribution < -0.4 is 14.4 Å². The number of benzene rings is 3. The SMILES string of the molecule is Cc1cc(C)c([C@H](C)NC(=O)CN(c2ccccc2Oc2ccccc2)S(C)(=O)=O)cc1C. The number of rotatable bonds is 8. The van der Waals surface area contributed by atoms with Gasteiger partial charge in [-0.2, -0.15) is 0 Å². The summed E-state index contributed by atoms with van der Waals surface area (Å²) >= 11 is 0. The quantitative estimate of drug-likeness (QED) is 0.504. The van der Waals surface area contributed by atoms with Crippen molar-refractivity contribution in [1.82, 2.24) is 5.32 Å². The summed E-state index contributed by atoms with van der Waals surface area (Å²) in [4.78, 5) is 12.9. The van der Waals surface area contributed by atoms with Crippen molar-refractivity contribution in [2.24, 2.45) is 0 Å². The number of nitrogens with zero attached hydrogens (tertiary/aromatic N) is 1. The van der Waals surface area contributed by atoms with E-state index >= 15 is 0 Å². The van der Waals surface area contributed by atoms with Gasteiger partial charge in [0, 0.05) is 0 Å². The summed E-state index contributed by atoms with van der Waals surface area (Å²) in [7, 11) is -3.76. The molecule has 0 fully saturated rings. The maximum absolute atomic E-state index is 12.9. The highest BCUT2D eigenvalue weighted by molar-refractivity contribution is 7.92. The molecule has 0 unspecified atom stereocenters. The Morgan fingerprint density at radius 3 is 2.21 bits per heavy atom. The van der Waals surface area contributed by atoms with Crippen molar-refractivity contribution in [3.63, 3.8) is 0 Å². The van der Waals surface area contributed by atoms with Crippen LogP contribution in [0.5, 0.6) is 11.5 Å². The van der Waals surface area contributed by atoms with Crippen LogP contribution in [0.4, 0.5) is 5.69 Å². The second kappa shape index (κ2) is 10.1. The molecule has 0 aliphatic rings. The number of sulfonamides is 1. The zero-order valence-corrected chi connectivity index (χ0v) is 20.4. The van der Waals surface area contributed by atoms with Gasteiger partial charge in [-0.1, -0.05) is 42.5 Å². The van der Waals surface area contributed by atoms with E-state index in [1.54, 1.807) is 36.4 Å². The molecule has 1 atom stereocenters. The largest absolute Gasteiger partial charge is 0.455 e. The fraction of sp³-hybridized carbons (Fsp3) is 0.269. The third-order valence-electron chi connectivity index (χ3n) is 5.52. The van der Waals surface area contributed by atoms with Gasteiger partial charge in [-0.05, 0) is 74.2 Å². The Hall–Kier alpha value is -3.32. The van der Waals surface area contributed by atoms with E-state index in [1.165, 1.54) is 5.56 Å². The molecular formula is C26H30N2O4S. The lowest BCUT2D eigenvalue weighted by Crippen LogP contribution is -2.41. The molecule has 0 spiro atoms. The van der Waals surface area contributed by atoms with Gasteiger partial charge >= 0.3 is 0 Å². The van der Waals surface area contributed by atoms with E-state index in [1.807, 2.05) is 45.9 Å². The van der Waals surface area contributed by atoms with Crippen LogP contribution in [0.15, 0.2) is 66.7 Å². The third kappa shape index (κ3) is 6.14. The zero-order chi connectivity index (χ0) is 24.2. The van der Waals surface area contributed by atoms with Gasteiger partial charge in [0.2, 0.25) is 15.9 Å². The molecule has 3 aromatic carbocycles. The fourth-order valence-electron chi connectivity index (χ4n) is 3.69. The fourth-order valence-corrected chi connectivity index (χ4v) is 4.55. The van der Waals surface area contributed by atoms with Crippen LogP contribution in [-0.4, -0.2) is 27.1 Å². The van der Waals surface area contributed by atoms with Crippen molar-refractivity contribution in [2.45, 2.75) is 33.7 Å². The van der Waals surface area contributed by atoms with Gasteiger partial charge in [0.05, 0.1) is 18.0 Å². The highest BCUT2D eigenvalue weighted by Crippen LogP contribution is 2.33. The molecule has 0 aliphatic heterocycles. The minimum absolute atomic E-state index is 0.269. The number of aryl methyl sites for hydroxylation is 3. The van der Waals surface area contributed by atoms with Gasteiger partial charge in [-0.25, -0.2) is 8.42 Å². The first kappa shape index (κ1) is 24.3. The highest BCUT2D eigenvalue weighted by Gasteiger charge is 2.25. The van der Waals surface area contributed by atoms with Gasteiger partial charge < -0.3 is 10.1 Å². The number of hydrogen-bond acceptors (Lipinski definition) is 4. The molecule has 0 saturated carbocycles. The third-order valence-corrected chi connectivity index (χ3v) is 6.65. The summed E-state index contributed by atoms with van der Waals surface area (Å²) in [6, 6.07) is 19.7. The predicted octanol–water partition coefficient (Wildman–Crippen LogP) is 5.05. The van der Waals surface area contributed by atoms with Gasteiger partial charge in [-0.3, -0.25) is 9.10 Å². The lowest BCUT2D eigenvalue weighted by Gasteiger charge is -2.25. The molecule has 0 saturated heterocycles. The summed E-state index contributed by atoms with van der Waals surface area (Å²) < 4.78 is 32.3. The zero-order valence-electron chi connectivity index (χ0n) is 19.6. The van der Waals surface area contributed by atoms with E-state index in [0.29, 0.717) is 17.2 Å². The molecule has 6 nitrogen and oxygen atoms in total. The van der Waals surface area contributed by atoms with Crippen LogP contribution in [0.1, 0.15) is 35.2 Å². The minimum Gasteiger partial charge on any atom is -0.455 e. The van der Waals surface area contributed by atoms with E-state index in [4.69, 9.17) is 4.74 Å². The molecule has 174 valence electrons. The first-order chi connectivity index (χ1) is 15.6. The summed E-state index contributed by atoms with van der Waals surface area (Å²) in [5.41, 5.74) is 4.71. The molecule has 1 N–H and O–H groups in total. The number of nitrogens with one attached hydrogen (secondary N) is 1. The van der Waals surface area contributed by atoms with Crippen LogP contribution >= 0.6 is 0 Å². The van der Waals surface area contributed by atoms with Crippen LogP contribution in [0, 0.1) is 20.8 Å². The molecule has 33 heavy (non-hydrogen) atoms. The molecule has 0 radical (unpaired) electrons. The van der Waals surface area contributed by atoms with Crippen LogP contribution in [0.3, 0.4) is 0 Å². The molecule has 3 aromatic rings. The Kier molecular flexibility index (Phi) is 7.43. The number of hydrogen-bond donors (Lipinski definition) is 1. The molecule has 0 heterocycles. The van der Waals surface area contributed by atoms with E-state index in [2.05, 4.69) is 17.4 Å². The van der Waals surface area contributed by atoms with Gasteiger partial charge in [-0.15, -0.1) is 0 Å². The van der Waals surface area contributed by atoms with Crippen molar-refractivity contribution in [3.05, 3.63) is 89.0 Å². The molecular weight excluding hydrogens is 436 g/mol. The molecule has 3 rings (SSSR count). The number of ether oxygens (including phenoxy) is 1. The van der Waals surface area contributed by atoms with E-state index in [-0.39, 0.29) is 12.6 Å². The number of carbonyl (C=O) groups is 1. The average Bonchev–Trinajstić information content (AvgIpc) is 2.75. The first-order valence-electron chi connectivity index (χ1n) is 10.7. The Labute approximate surface area is 196 Å². The van der Waals surface area contributed by atoms with Crippen molar-refractivity contribution in [1.29, 1.82) is 0 Å². The Bertz CT molecular complexity index is 1240. The van der Waals surface area contributed by atoms with Crippen LogP contribution in [0.25, 0.3) is 0 Å². The van der Waals surface area contributed by atoms with Crippen molar-refractivity contribution >= 4 is 21.6 Å². The summed E-state index contributed by atoms with van der Waals surface area (Å²) in [5.74, 6) is 0.515. The Morgan fingerprint density at radius 1 is 0.939 bits per heavy atom. The average molecular weight is 467 g/mol. The molecule has 7 heteroatoms. The maximum Gasteiger partial charge on any atom is 0.241 e. The Balaban J connectivity index is 1.84. The second-order valence-corrected chi connectivity index (χ2v) is 10.1. The molecule has 0 bridgehead atoms. The number of anilines is 1. The van der Waals surface area contributed by atoms with Crippen LogP contribution in [-0.2, 0) is 14.8 Å². The second-order valence-electron chi connectivity index (χ2n) is 8.23. The number of carbonyl (C=O) groups excluding carboxylic acids is 1. The number of amides is 1. The van der Waals surface area contributed by atoms with Crippen LogP contribution in [0.2, 0.25) is 0 Å². The topological polar surface area (TPSA) is 75.7 Å². The lowest BCUT2D eigenvalue weighted by atomic mass is 9.96. The van der Waals surface area contributed by atoms with Gasteiger partial charge in [0.15, 0.2) is 5.75 Å². The summed E-state index contributed by atoms with van der Waals surface area (Å²) in [5, 5.41) is 2.94. The summed E-state index contributed by atoms with van der Waals surface area (Å²) in [6.45, 7) is 7.62. The van der Waals surface area contributed by atoms with Gasteiger partial charge in [0.25, 0.3) is 0 Å². The minimum atomic E-state index is -3.76. The number of para-hydroxylation sites is 3. The Morgan fingerprint density at radius 2 is 1.55 bits per heavy atom. The van der Waals surface area contributed by atoms with Gasteiger partial charge in [0.1, 0.15) is 12.3 Å². The maximum atomic E-state index is 12.9. The van der Waals surface area contributed by atoms with Crippen molar-refractivity contribution < 1.29 is 17.9 Å². The normalized spacial score (nSPS) is 12.2. The van der Waals surface area contributed by atoms with Crippen molar-refractivity contribution in [2.75, 3.05) is 17.1 Å². The standard InChI is InChI=1S/C26H30N2O4S/c1-18-15-20(3)23(16-19(18)2)21(4)27-26(29)17-28(33(5,30)31)24-13-9-10-14-25(24)32-22-11-7-6-8-12-22/h6-16,21H,17H2,1-5H3,(H,27,29)/t21-/m0/s1. The summed E-state index contributed by atoms with van der Waals surface area (Å²) in [6.07, 6.45) is 1.08. The monoisotopic (exact) mass is 466 g/mol. The van der Waals surface area contributed by atoms with E-state index < -0.39 is 15.9 Å². The van der Waals surface area contributed by atoms with E-state index in [0.717, 1.165) is 27.3 Å². The first-order valence-corrected chi connectivity index (χ1v) is 12.6. The lowest BCUT2D eigenvalue weighted by molar-refractivity contribution is -0.120. The predicted molar refractivity (Wildman–Crippen MR) is 132 cm³/mol. The van der Waals surface area contributed by atoms with E-state index in [9.17, 15) is 13.2 Å². The molecule has 0 aliphatic carbocycles. The molecule has 0 aromatic heterocycles. The molecule has 1 amide bonds. The smallest absolute Gasteiger partial charge is 0.241 e.